The predicted octanol–water partition coefficient (Wildman–Crippen LogP) is 4.09. The molecule has 0 fully saturated rings. The number of halogens is 2. The van der Waals surface area contributed by atoms with Crippen LogP contribution in [0.15, 0.2) is 82.5 Å². The molecule has 0 aliphatic rings. The molecule has 34 heavy (non-hydrogen) atoms. The zero-order valence-electron chi connectivity index (χ0n) is 17.4. The number of benzene rings is 2. The number of fused-ring (bicyclic) bond motifs is 3. The lowest BCUT2D eigenvalue weighted by atomic mass is 10.2. The summed E-state index contributed by atoms with van der Waals surface area (Å²) in [5.74, 6) is -0.699. The second-order valence-electron chi connectivity index (χ2n) is 7.56. The van der Waals surface area contributed by atoms with Crippen LogP contribution in [0.4, 0.5) is 8.78 Å². The Balaban J connectivity index is 1.58. The van der Waals surface area contributed by atoms with Crippen molar-refractivity contribution in [2.24, 2.45) is 0 Å². The fourth-order valence-electron chi connectivity index (χ4n) is 3.93. The summed E-state index contributed by atoms with van der Waals surface area (Å²) in [7, 11) is 0. The summed E-state index contributed by atoms with van der Waals surface area (Å²) >= 11 is 0. The third-order valence-electron chi connectivity index (χ3n) is 5.49. The van der Waals surface area contributed by atoms with E-state index in [9.17, 15) is 13.6 Å². The molecule has 0 atom stereocenters. The van der Waals surface area contributed by atoms with Gasteiger partial charge in [0.05, 0.1) is 17.8 Å². The Kier molecular flexibility index (Phi) is 4.51. The van der Waals surface area contributed by atoms with Gasteiger partial charge < -0.3 is 4.52 Å². The number of pyridine rings is 1. The summed E-state index contributed by atoms with van der Waals surface area (Å²) in [4.78, 5) is 26.6. The van der Waals surface area contributed by atoms with E-state index in [1.165, 1.54) is 45.6 Å². The van der Waals surface area contributed by atoms with E-state index in [2.05, 4.69) is 20.1 Å². The second kappa shape index (κ2) is 7.69. The molecule has 0 unspecified atom stereocenters. The highest BCUT2D eigenvalue weighted by atomic mass is 19.1. The number of imidazole rings is 1. The lowest BCUT2D eigenvalue weighted by Gasteiger charge is -2.13. The van der Waals surface area contributed by atoms with Gasteiger partial charge in [-0.05, 0) is 48.5 Å². The van der Waals surface area contributed by atoms with Crippen LogP contribution < -0.4 is 5.56 Å². The van der Waals surface area contributed by atoms with Crippen LogP contribution in [0.2, 0.25) is 0 Å². The van der Waals surface area contributed by atoms with Crippen LogP contribution in [-0.2, 0) is 6.54 Å². The Morgan fingerprint density at radius 3 is 2.56 bits per heavy atom. The molecule has 10 heteroatoms. The molecule has 0 radical (unpaired) electrons. The number of aromatic nitrogens is 6. The van der Waals surface area contributed by atoms with Gasteiger partial charge in [-0.3, -0.25) is 18.7 Å². The smallest absolute Gasteiger partial charge is 0.279 e. The van der Waals surface area contributed by atoms with E-state index in [1.54, 1.807) is 36.5 Å². The lowest BCUT2D eigenvalue weighted by molar-refractivity contribution is 0.431. The van der Waals surface area contributed by atoms with Crippen LogP contribution in [0, 0.1) is 11.6 Å². The van der Waals surface area contributed by atoms with Crippen LogP contribution in [0.3, 0.4) is 0 Å². The largest absolute Gasteiger partial charge is 0.332 e. The summed E-state index contributed by atoms with van der Waals surface area (Å²) in [6.45, 7) is 0.0584. The van der Waals surface area contributed by atoms with Gasteiger partial charge in [0.1, 0.15) is 29.0 Å². The molecule has 166 valence electrons. The molecule has 4 heterocycles. The van der Waals surface area contributed by atoms with Crippen molar-refractivity contribution in [2.75, 3.05) is 0 Å². The molecule has 0 bridgehead atoms. The first-order valence-corrected chi connectivity index (χ1v) is 10.3. The van der Waals surface area contributed by atoms with Crippen LogP contribution in [-0.4, -0.2) is 29.1 Å². The summed E-state index contributed by atoms with van der Waals surface area (Å²) < 4.78 is 36.4. The molecule has 6 rings (SSSR count). The van der Waals surface area contributed by atoms with Crippen molar-refractivity contribution < 1.29 is 13.3 Å². The number of nitrogens with zero attached hydrogens (tertiary/aromatic N) is 6. The molecular weight excluding hydrogens is 442 g/mol. The lowest BCUT2D eigenvalue weighted by Crippen LogP contribution is -2.24. The van der Waals surface area contributed by atoms with Crippen LogP contribution >= 0.6 is 0 Å². The van der Waals surface area contributed by atoms with Crippen LogP contribution in [0.1, 0.15) is 5.69 Å². The van der Waals surface area contributed by atoms with Gasteiger partial charge in [0.25, 0.3) is 11.4 Å². The Morgan fingerprint density at radius 2 is 1.76 bits per heavy atom. The maximum Gasteiger partial charge on any atom is 0.279 e. The molecule has 4 aromatic heterocycles. The van der Waals surface area contributed by atoms with Gasteiger partial charge in [-0.15, -0.1) is 0 Å². The minimum atomic E-state index is -0.543. The average molecular weight is 456 g/mol. The van der Waals surface area contributed by atoms with Gasteiger partial charge in [0.2, 0.25) is 5.82 Å². The maximum atomic E-state index is 14.9. The fourth-order valence-corrected chi connectivity index (χ4v) is 3.93. The van der Waals surface area contributed by atoms with Crippen molar-refractivity contribution >= 4 is 16.6 Å². The zero-order valence-corrected chi connectivity index (χ0v) is 17.4. The standard InChI is InChI=1S/C24H14F2N6O2/c25-15-9-7-14(8-10-15)22-29-23(34-30-22)19-21-24(33)31(12-16-4-1-2-11-27-16)20-17(26)5-3-6-18(20)32(21)13-28-19/h1-11,13H,12H2. The topological polar surface area (TPSA) is 91.1 Å². The molecule has 0 saturated carbocycles. The molecule has 0 amide bonds. The highest BCUT2D eigenvalue weighted by Gasteiger charge is 2.23. The van der Waals surface area contributed by atoms with E-state index in [0.717, 1.165) is 0 Å². The van der Waals surface area contributed by atoms with Gasteiger partial charge in [0, 0.05) is 11.8 Å². The molecule has 0 spiro atoms. The van der Waals surface area contributed by atoms with E-state index in [0.29, 0.717) is 16.8 Å². The van der Waals surface area contributed by atoms with Crippen molar-refractivity contribution in [3.8, 4) is 23.0 Å². The van der Waals surface area contributed by atoms with Crippen molar-refractivity contribution in [2.45, 2.75) is 6.54 Å². The van der Waals surface area contributed by atoms with Gasteiger partial charge in [-0.2, -0.15) is 4.98 Å². The number of hydrogen-bond donors (Lipinski definition) is 0. The Labute approximate surface area is 189 Å². The van der Waals surface area contributed by atoms with Crippen molar-refractivity contribution in [3.05, 3.63) is 101 Å². The highest BCUT2D eigenvalue weighted by molar-refractivity contribution is 5.84. The minimum Gasteiger partial charge on any atom is -0.332 e. The highest BCUT2D eigenvalue weighted by Crippen LogP contribution is 2.26. The third-order valence-corrected chi connectivity index (χ3v) is 5.49. The fraction of sp³-hybridized carbons (Fsp3) is 0.0417. The molecule has 8 nitrogen and oxygen atoms in total. The van der Waals surface area contributed by atoms with E-state index in [-0.39, 0.29) is 40.8 Å². The monoisotopic (exact) mass is 456 g/mol. The van der Waals surface area contributed by atoms with Crippen LogP contribution in [0.5, 0.6) is 0 Å². The van der Waals surface area contributed by atoms with Crippen molar-refractivity contribution in [3.63, 3.8) is 0 Å². The normalized spacial score (nSPS) is 11.5. The summed E-state index contributed by atoms with van der Waals surface area (Å²) in [6.07, 6.45) is 3.03. The third kappa shape index (κ3) is 3.15. The molecule has 0 aliphatic carbocycles. The Hall–Kier alpha value is -4.73. The minimum absolute atomic E-state index is 0.0130. The van der Waals surface area contributed by atoms with Crippen molar-refractivity contribution in [1.82, 2.24) is 29.1 Å². The van der Waals surface area contributed by atoms with Crippen molar-refractivity contribution in [1.29, 1.82) is 0 Å². The predicted molar refractivity (Wildman–Crippen MR) is 119 cm³/mol. The van der Waals surface area contributed by atoms with E-state index in [4.69, 9.17) is 4.52 Å². The van der Waals surface area contributed by atoms with Gasteiger partial charge in [-0.25, -0.2) is 13.8 Å². The molecule has 0 aliphatic heterocycles. The van der Waals surface area contributed by atoms with Gasteiger partial charge >= 0.3 is 0 Å². The van der Waals surface area contributed by atoms with E-state index >= 15 is 0 Å². The first kappa shape index (κ1) is 19.9. The quantitative estimate of drug-likeness (QED) is 0.397. The molecular formula is C24H14F2N6O2. The molecule has 0 N–H and O–H groups in total. The molecule has 6 aromatic rings. The first-order valence-electron chi connectivity index (χ1n) is 10.3. The molecule has 0 saturated heterocycles. The number of para-hydroxylation sites is 1. The second-order valence-corrected chi connectivity index (χ2v) is 7.56. The SMILES string of the molecule is O=c1c2c(-c3nc(-c4ccc(F)cc4)no3)ncn2c2cccc(F)c2n1Cc1ccccn1. The van der Waals surface area contributed by atoms with Crippen LogP contribution in [0.25, 0.3) is 39.5 Å². The summed E-state index contributed by atoms with van der Waals surface area (Å²) in [6, 6.07) is 15.5. The van der Waals surface area contributed by atoms with E-state index in [1.807, 2.05) is 0 Å². The number of hydrogen-bond acceptors (Lipinski definition) is 6. The maximum absolute atomic E-state index is 14.9. The Bertz CT molecular complexity index is 1720. The van der Waals surface area contributed by atoms with E-state index < -0.39 is 11.4 Å². The van der Waals surface area contributed by atoms with Gasteiger partial charge in [0.15, 0.2) is 5.69 Å². The Morgan fingerprint density at radius 1 is 0.912 bits per heavy atom. The molecule has 2 aromatic carbocycles. The van der Waals surface area contributed by atoms with Gasteiger partial charge in [-0.1, -0.05) is 17.3 Å². The summed E-state index contributed by atoms with van der Waals surface area (Å²) in [5, 5.41) is 3.94. The average Bonchev–Trinajstić information content (AvgIpc) is 3.51. The first-order chi connectivity index (χ1) is 16.6. The zero-order chi connectivity index (χ0) is 23.2. The number of rotatable bonds is 4. The summed E-state index contributed by atoms with van der Waals surface area (Å²) in [5.41, 5.74) is 1.54.